The van der Waals surface area contributed by atoms with Crippen LogP contribution in [0.25, 0.3) is 0 Å². The third-order valence-corrected chi connectivity index (χ3v) is 8.37. The Kier molecular flexibility index (Phi) is 10.5. The molecule has 1 aromatic heterocycles. The number of nitrogens with one attached hydrogen (secondary N) is 1. The summed E-state index contributed by atoms with van der Waals surface area (Å²) < 4.78 is 14.4. The quantitative estimate of drug-likeness (QED) is 0.160. The summed E-state index contributed by atoms with van der Waals surface area (Å²) in [4.78, 5) is 18.9. The number of anilines is 1. The van der Waals surface area contributed by atoms with E-state index >= 15 is 0 Å². The van der Waals surface area contributed by atoms with Gasteiger partial charge >= 0.3 is 0 Å². The first-order valence-electron chi connectivity index (χ1n) is 14.3. The Morgan fingerprint density at radius 1 is 1.27 bits per heavy atom. The van der Waals surface area contributed by atoms with Crippen LogP contribution >= 0.6 is 9.24 Å². The monoisotopic (exact) mass is 575 g/mol. The Labute approximate surface area is 246 Å². The van der Waals surface area contributed by atoms with Crippen LogP contribution in [-0.4, -0.2) is 66.1 Å². The number of amidine groups is 1. The summed E-state index contributed by atoms with van der Waals surface area (Å²) in [6, 6.07) is 5.80. The second-order valence-corrected chi connectivity index (χ2v) is 11.7. The number of hydrogen-bond acceptors (Lipinski definition) is 6. The fraction of sp³-hybridized carbons (Fsp3) is 0.406. The van der Waals surface area contributed by atoms with E-state index in [4.69, 9.17) is 10.7 Å². The Bertz CT molecular complexity index is 1320. The first-order chi connectivity index (χ1) is 19.7. The zero-order valence-corrected chi connectivity index (χ0v) is 25.6. The van der Waals surface area contributed by atoms with Crippen LogP contribution in [0.5, 0.6) is 0 Å². The maximum Gasteiger partial charge on any atom is 0.147 e. The molecule has 0 spiro atoms. The van der Waals surface area contributed by atoms with Gasteiger partial charge in [0, 0.05) is 49.7 Å². The Morgan fingerprint density at radius 3 is 2.61 bits per heavy atom. The van der Waals surface area contributed by atoms with Gasteiger partial charge in [-0.1, -0.05) is 18.7 Å². The number of likely N-dealkylation sites (tertiary alicyclic amines) is 1. The number of nitrogens with zero attached hydrogens (tertiary/aromatic N) is 5. The van der Waals surface area contributed by atoms with E-state index in [-0.39, 0.29) is 5.82 Å². The number of aromatic nitrogens is 1. The molecule has 1 aliphatic heterocycles. The number of para-hydroxylation sites is 1. The number of hydrogen-bond donors (Lipinski definition) is 2. The van der Waals surface area contributed by atoms with E-state index in [2.05, 4.69) is 68.5 Å². The molecule has 1 aromatic carbocycles. The number of piperidine rings is 1. The van der Waals surface area contributed by atoms with Gasteiger partial charge in [-0.15, -0.1) is 9.24 Å². The van der Waals surface area contributed by atoms with Crippen LogP contribution in [0.3, 0.4) is 0 Å². The van der Waals surface area contributed by atoms with Crippen LogP contribution in [0.2, 0.25) is 0 Å². The smallest absolute Gasteiger partial charge is 0.147 e. The number of pyridine rings is 1. The molecule has 1 saturated heterocycles. The van der Waals surface area contributed by atoms with Gasteiger partial charge in [-0.2, -0.15) is 0 Å². The van der Waals surface area contributed by atoms with Crippen molar-refractivity contribution in [2.24, 2.45) is 15.7 Å². The minimum Gasteiger partial charge on any atom is -0.405 e. The molecule has 1 unspecified atom stereocenters. The molecule has 9 heteroatoms. The predicted molar refractivity (Wildman–Crippen MR) is 174 cm³/mol. The van der Waals surface area contributed by atoms with Crippen LogP contribution in [0.15, 0.2) is 76.8 Å². The van der Waals surface area contributed by atoms with Gasteiger partial charge in [0.25, 0.3) is 0 Å². The van der Waals surface area contributed by atoms with Crippen molar-refractivity contribution >= 4 is 38.5 Å². The molecule has 0 radical (unpaired) electrons. The number of aliphatic imine (C=N–C) groups is 2. The minimum atomic E-state index is -0.344. The Morgan fingerprint density at radius 2 is 2.00 bits per heavy atom. The van der Waals surface area contributed by atoms with Gasteiger partial charge in [-0.05, 0) is 93.0 Å². The third kappa shape index (κ3) is 7.69. The van der Waals surface area contributed by atoms with Crippen LogP contribution in [0, 0.1) is 5.82 Å². The fourth-order valence-electron chi connectivity index (χ4n) is 5.39. The van der Waals surface area contributed by atoms with Crippen molar-refractivity contribution in [3.05, 3.63) is 83.7 Å². The van der Waals surface area contributed by atoms with E-state index in [1.54, 1.807) is 18.3 Å². The fourth-order valence-corrected chi connectivity index (χ4v) is 5.71. The van der Waals surface area contributed by atoms with Gasteiger partial charge < -0.3 is 20.9 Å². The molecule has 3 N–H and O–H groups in total. The van der Waals surface area contributed by atoms with E-state index in [0.29, 0.717) is 35.9 Å². The number of nitrogens with two attached hydrogens (primary N) is 1. The molecular weight excluding hydrogens is 532 g/mol. The van der Waals surface area contributed by atoms with Crippen molar-refractivity contribution in [2.45, 2.75) is 57.5 Å². The predicted octanol–water partition coefficient (Wildman–Crippen LogP) is 5.51. The summed E-state index contributed by atoms with van der Waals surface area (Å²) >= 11 is 0. The highest BCUT2D eigenvalue weighted by molar-refractivity contribution is 7.28. The molecule has 0 amide bonds. The lowest BCUT2D eigenvalue weighted by Gasteiger charge is -2.40. The van der Waals surface area contributed by atoms with Crippen LogP contribution < -0.4 is 16.4 Å². The summed E-state index contributed by atoms with van der Waals surface area (Å²) in [5, 5.41) is 3.81. The van der Waals surface area contributed by atoms with Gasteiger partial charge in [0.2, 0.25) is 0 Å². The molecular formula is C32H43FN7P. The molecule has 7 nitrogen and oxygen atoms in total. The Balaban J connectivity index is 1.68. The lowest BCUT2D eigenvalue weighted by molar-refractivity contribution is 0.137. The molecule has 0 bridgehead atoms. The van der Waals surface area contributed by atoms with Gasteiger partial charge in [-0.25, -0.2) is 4.39 Å². The molecule has 2 aromatic rings. The molecule has 1 saturated carbocycles. The standard InChI is InChI=1S/C32H43FN7P/c1-21(2)40-15-12-25(13-16-40)39(5)32(30-26(24-9-10-24)19-36-20-28(30)35-4)37-18-23(11-14-34)17-22(3)38-31-27(33)7-6-8-29(31)41/h6-8,11,14,17,19-21,24-25,38H,3-4,9-10,12-13,15-16,18,34,41H2,1-2,5H3/b14-11-,23-17+,37-32+. The second-order valence-electron chi connectivity index (χ2n) is 11.1. The minimum absolute atomic E-state index is 0.344. The largest absolute Gasteiger partial charge is 0.405 e. The molecule has 218 valence electrons. The van der Waals surface area contributed by atoms with E-state index in [0.717, 1.165) is 66.7 Å². The van der Waals surface area contributed by atoms with Gasteiger partial charge in [0.1, 0.15) is 11.7 Å². The second kappa shape index (κ2) is 14.0. The van der Waals surface area contributed by atoms with Crippen molar-refractivity contribution in [3.8, 4) is 0 Å². The summed E-state index contributed by atoms with van der Waals surface area (Å²) in [5.74, 6) is 1.00. The summed E-state index contributed by atoms with van der Waals surface area (Å²) in [7, 11) is 4.68. The molecule has 4 rings (SSSR count). The highest BCUT2D eigenvalue weighted by Crippen LogP contribution is 2.44. The lowest BCUT2D eigenvalue weighted by Crippen LogP contribution is -2.47. The SMILES string of the molecule is C=Nc1cncc(C2CC2)c1/C(=N\CC(/C=C\N)=C/C(=C)Nc1c(F)cccc1P)N(C)C1CCN(C(C)C)CC1. The van der Waals surface area contributed by atoms with E-state index in [1.165, 1.54) is 17.8 Å². The first-order valence-corrected chi connectivity index (χ1v) is 14.9. The van der Waals surface area contributed by atoms with E-state index in [9.17, 15) is 4.39 Å². The average molecular weight is 576 g/mol. The van der Waals surface area contributed by atoms with Gasteiger partial charge in [0.15, 0.2) is 0 Å². The van der Waals surface area contributed by atoms with Crippen LogP contribution in [0.1, 0.15) is 56.6 Å². The molecule has 2 aliphatic rings. The first kappa shape index (κ1) is 30.6. The zero-order valence-electron chi connectivity index (χ0n) is 24.5. The van der Waals surface area contributed by atoms with Crippen molar-refractivity contribution in [3.63, 3.8) is 0 Å². The summed E-state index contributed by atoms with van der Waals surface area (Å²) in [6.45, 7) is 14.9. The maximum absolute atomic E-state index is 14.4. The third-order valence-electron chi connectivity index (χ3n) is 7.89. The number of halogens is 1. The Hall–Kier alpha value is -3.35. The van der Waals surface area contributed by atoms with Gasteiger partial charge in [-0.3, -0.25) is 15.0 Å². The van der Waals surface area contributed by atoms with Crippen LogP contribution in [-0.2, 0) is 0 Å². The summed E-state index contributed by atoms with van der Waals surface area (Å²) in [5.41, 5.74) is 10.5. The molecule has 41 heavy (non-hydrogen) atoms. The van der Waals surface area contributed by atoms with Crippen molar-refractivity contribution < 1.29 is 4.39 Å². The zero-order chi connectivity index (χ0) is 29.5. The highest BCUT2D eigenvalue weighted by atomic mass is 31.0. The highest BCUT2D eigenvalue weighted by Gasteiger charge is 2.33. The molecule has 1 aliphatic carbocycles. The van der Waals surface area contributed by atoms with Crippen LogP contribution in [0.4, 0.5) is 15.8 Å². The van der Waals surface area contributed by atoms with Gasteiger partial charge in [0.05, 0.1) is 24.1 Å². The number of benzene rings is 1. The van der Waals surface area contributed by atoms with Crippen molar-refractivity contribution in [1.29, 1.82) is 0 Å². The van der Waals surface area contributed by atoms with Crippen molar-refractivity contribution in [1.82, 2.24) is 14.8 Å². The maximum atomic E-state index is 14.4. The number of rotatable bonds is 11. The topological polar surface area (TPSA) is 82.1 Å². The average Bonchev–Trinajstić information content (AvgIpc) is 3.81. The lowest BCUT2D eigenvalue weighted by atomic mass is 9.98. The van der Waals surface area contributed by atoms with E-state index < -0.39 is 0 Å². The van der Waals surface area contributed by atoms with Crippen molar-refractivity contribution in [2.75, 3.05) is 32.0 Å². The molecule has 2 fully saturated rings. The normalized spacial score (nSPS) is 17.3. The molecule has 1 atom stereocenters. The number of allylic oxidation sites excluding steroid dienone is 1. The van der Waals surface area contributed by atoms with E-state index in [1.807, 2.05) is 18.3 Å². The molecule has 2 heterocycles. The summed E-state index contributed by atoms with van der Waals surface area (Å²) in [6.07, 6.45) is 13.3.